The van der Waals surface area contributed by atoms with Crippen molar-refractivity contribution in [1.29, 1.82) is 0 Å². The molecule has 0 aromatic heterocycles. The number of carbonyl (C=O) groups is 3. The Morgan fingerprint density at radius 3 is 2.25 bits per heavy atom. The number of ether oxygens (including phenoxy) is 2. The molecule has 0 atom stereocenters. The monoisotopic (exact) mass is 564 g/mol. The number of nitrogens with zero attached hydrogens (tertiary/aromatic N) is 1. The highest BCUT2D eigenvalue weighted by Gasteiger charge is 2.37. The zero-order valence-corrected chi connectivity index (χ0v) is 21.5. The van der Waals surface area contributed by atoms with Crippen LogP contribution < -0.4 is 19.7 Å². The predicted octanol–water partition coefficient (Wildman–Crippen LogP) is 6.55. The quantitative estimate of drug-likeness (QED) is 0.270. The lowest BCUT2D eigenvalue weighted by molar-refractivity contribution is -0.122. The van der Waals surface area contributed by atoms with E-state index in [2.05, 4.69) is 5.32 Å². The number of urea groups is 1. The van der Waals surface area contributed by atoms with Crippen LogP contribution in [0.4, 0.5) is 10.5 Å². The fourth-order valence-corrected chi connectivity index (χ4v) is 4.43. The number of hydrogen-bond donors (Lipinski definition) is 1. The molecule has 0 saturated carbocycles. The Hall–Kier alpha value is -3.23. The van der Waals surface area contributed by atoms with Crippen molar-refractivity contribution in [1.82, 2.24) is 5.32 Å². The molecular formula is C25H16Cl4N2O5. The van der Waals surface area contributed by atoms with E-state index in [-0.39, 0.29) is 39.2 Å². The van der Waals surface area contributed by atoms with Crippen molar-refractivity contribution in [3.63, 3.8) is 0 Å². The first-order valence-corrected chi connectivity index (χ1v) is 11.8. The molecule has 11 heteroatoms. The number of imide groups is 2. The number of barbiturate groups is 1. The summed E-state index contributed by atoms with van der Waals surface area (Å²) in [4.78, 5) is 39.2. The van der Waals surface area contributed by atoms with Crippen molar-refractivity contribution in [2.75, 3.05) is 12.0 Å². The summed E-state index contributed by atoms with van der Waals surface area (Å²) in [6.45, 7) is 0.0180. The number of rotatable bonds is 6. The third kappa shape index (κ3) is 5.44. The molecule has 0 aliphatic carbocycles. The molecule has 0 unspecified atom stereocenters. The van der Waals surface area contributed by atoms with Gasteiger partial charge in [-0.2, -0.15) is 0 Å². The van der Waals surface area contributed by atoms with E-state index in [1.54, 1.807) is 30.3 Å². The molecule has 3 aromatic carbocycles. The number of amides is 4. The maximum Gasteiger partial charge on any atom is 0.335 e. The summed E-state index contributed by atoms with van der Waals surface area (Å²) in [5, 5.41) is 3.42. The number of anilines is 1. The van der Waals surface area contributed by atoms with Crippen LogP contribution in [0.1, 0.15) is 11.1 Å². The Morgan fingerprint density at radius 2 is 1.58 bits per heavy atom. The van der Waals surface area contributed by atoms with Gasteiger partial charge in [-0.25, -0.2) is 9.69 Å². The van der Waals surface area contributed by atoms with Gasteiger partial charge in [0.1, 0.15) is 23.7 Å². The van der Waals surface area contributed by atoms with Gasteiger partial charge < -0.3 is 9.47 Å². The van der Waals surface area contributed by atoms with Crippen LogP contribution >= 0.6 is 46.4 Å². The van der Waals surface area contributed by atoms with Gasteiger partial charge in [-0.05, 0) is 54.6 Å². The molecule has 1 aliphatic heterocycles. The second kappa shape index (κ2) is 10.8. The second-order valence-corrected chi connectivity index (χ2v) is 9.17. The average Bonchev–Trinajstić information content (AvgIpc) is 2.82. The molecule has 1 heterocycles. The van der Waals surface area contributed by atoms with Gasteiger partial charge in [0.15, 0.2) is 0 Å². The highest BCUT2D eigenvalue weighted by molar-refractivity contribution is 6.40. The molecule has 3 aromatic rings. The number of nitrogens with one attached hydrogen (secondary N) is 1. The van der Waals surface area contributed by atoms with Crippen LogP contribution in [0, 0.1) is 0 Å². The molecule has 7 nitrogen and oxygen atoms in total. The molecule has 1 fully saturated rings. The number of methoxy groups -OCH3 is 1. The van der Waals surface area contributed by atoms with Crippen molar-refractivity contribution in [2.45, 2.75) is 6.61 Å². The molecule has 0 bridgehead atoms. The molecule has 1 saturated heterocycles. The summed E-state index contributed by atoms with van der Waals surface area (Å²) in [5.41, 5.74) is 0.807. The van der Waals surface area contributed by atoms with Gasteiger partial charge in [0.05, 0.1) is 17.8 Å². The lowest BCUT2D eigenvalue weighted by Crippen LogP contribution is -2.54. The second-order valence-electron chi connectivity index (χ2n) is 7.49. The van der Waals surface area contributed by atoms with Crippen molar-refractivity contribution in [3.8, 4) is 11.5 Å². The highest BCUT2D eigenvalue weighted by Crippen LogP contribution is 2.36. The molecule has 4 rings (SSSR count). The normalized spacial score (nSPS) is 14.8. The topological polar surface area (TPSA) is 84.9 Å². The lowest BCUT2D eigenvalue weighted by atomic mass is 10.1. The fourth-order valence-electron chi connectivity index (χ4n) is 3.41. The SMILES string of the molecule is COc1ccc(N2C(=O)NC(=O)/C(=C\c3cc(Cl)cc(Cl)c3OCc3ccc(Cl)cc3Cl)C2=O)cc1. The van der Waals surface area contributed by atoms with E-state index >= 15 is 0 Å². The van der Waals surface area contributed by atoms with Crippen LogP contribution in [0.15, 0.2) is 60.2 Å². The van der Waals surface area contributed by atoms with Crippen LogP contribution in [0.2, 0.25) is 20.1 Å². The van der Waals surface area contributed by atoms with Crippen LogP contribution in [0.3, 0.4) is 0 Å². The van der Waals surface area contributed by atoms with Crippen molar-refractivity contribution >= 4 is 76.0 Å². The van der Waals surface area contributed by atoms with Crippen LogP contribution in [-0.4, -0.2) is 25.0 Å². The number of benzene rings is 3. The smallest absolute Gasteiger partial charge is 0.335 e. The van der Waals surface area contributed by atoms with Crippen molar-refractivity contribution < 1.29 is 23.9 Å². The summed E-state index contributed by atoms with van der Waals surface area (Å²) >= 11 is 24.7. The summed E-state index contributed by atoms with van der Waals surface area (Å²) in [5.74, 6) is -1.02. The van der Waals surface area contributed by atoms with E-state index in [1.807, 2.05) is 0 Å². The summed E-state index contributed by atoms with van der Waals surface area (Å²) in [6, 6.07) is 13.2. The maximum absolute atomic E-state index is 13.3. The molecule has 0 radical (unpaired) electrons. The van der Waals surface area contributed by atoms with Gasteiger partial charge in [-0.15, -0.1) is 0 Å². The van der Waals surface area contributed by atoms with Gasteiger partial charge in [-0.3, -0.25) is 14.9 Å². The van der Waals surface area contributed by atoms with E-state index in [1.165, 1.54) is 37.5 Å². The van der Waals surface area contributed by atoms with Gasteiger partial charge in [0, 0.05) is 26.2 Å². The minimum absolute atomic E-state index is 0.0180. The number of carbonyl (C=O) groups excluding carboxylic acids is 3. The Labute approximate surface area is 226 Å². The van der Waals surface area contributed by atoms with Crippen LogP contribution in [-0.2, 0) is 16.2 Å². The summed E-state index contributed by atoms with van der Waals surface area (Å²) < 4.78 is 11.0. The predicted molar refractivity (Wildman–Crippen MR) is 139 cm³/mol. The number of hydrogen-bond acceptors (Lipinski definition) is 5. The van der Waals surface area contributed by atoms with Gasteiger partial charge in [0.2, 0.25) is 0 Å². The molecule has 4 amide bonds. The van der Waals surface area contributed by atoms with Crippen molar-refractivity contribution in [2.24, 2.45) is 0 Å². The van der Waals surface area contributed by atoms with E-state index in [0.717, 1.165) is 4.90 Å². The standard InChI is InChI=1S/C25H16Cl4N2O5/c1-35-18-6-4-17(5-7-18)31-24(33)19(23(32)30-25(31)34)9-14-8-16(27)11-21(29)22(14)36-12-13-2-3-15(26)10-20(13)28/h2-11H,12H2,1H3,(H,30,32,34)/b19-9+. The summed E-state index contributed by atoms with van der Waals surface area (Å²) in [7, 11) is 1.49. The largest absolute Gasteiger partial charge is 0.497 e. The first-order valence-electron chi connectivity index (χ1n) is 10.3. The fraction of sp³-hybridized carbons (Fsp3) is 0.0800. The van der Waals surface area contributed by atoms with Gasteiger partial charge >= 0.3 is 6.03 Å². The molecule has 0 spiro atoms. The highest BCUT2D eigenvalue weighted by atomic mass is 35.5. The first-order chi connectivity index (χ1) is 17.2. The third-order valence-corrected chi connectivity index (χ3v) is 6.24. The molecule has 1 aliphatic rings. The molecule has 184 valence electrons. The molecular weight excluding hydrogens is 550 g/mol. The summed E-state index contributed by atoms with van der Waals surface area (Å²) in [6.07, 6.45) is 1.26. The van der Waals surface area contributed by atoms with Crippen molar-refractivity contribution in [3.05, 3.63) is 91.4 Å². The zero-order chi connectivity index (χ0) is 26.0. The number of halogens is 4. The molecule has 36 heavy (non-hydrogen) atoms. The van der Waals surface area contributed by atoms with Gasteiger partial charge in [0.25, 0.3) is 11.8 Å². The first kappa shape index (κ1) is 25.9. The van der Waals surface area contributed by atoms with Gasteiger partial charge in [-0.1, -0.05) is 52.5 Å². The lowest BCUT2D eigenvalue weighted by Gasteiger charge is -2.26. The van der Waals surface area contributed by atoms with E-state index in [0.29, 0.717) is 21.4 Å². The maximum atomic E-state index is 13.3. The minimum Gasteiger partial charge on any atom is -0.497 e. The van der Waals surface area contributed by atoms with E-state index in [4.69, 9.17) is 55.9 Å². The zero-order valence-electron chi connectivity index (χ0n) is 18.5. The Balaban J connectivity index is 1.70. The Bertz CT molecular complexity index is 1410. The average molecular weight is 566 g/mol. The Kier molecular flexibility index (Phi) is 7.76. The Morgan fingerprint density at radius 1 is 0.889 bits per heavy atom. The minimum atomic E-state index is -0.884. The van der Waals surface area contributed by atoms with Crippen LogP contribution in [0.25, 0.3) is 6.08 Å². The van der Waals surface area contributed by atoms with E-state index in [9.17, 15) is 14.4 Å². The van der Waals surface area contributed by atoms with Crippen LogP contribution in [0.5, 0.6) is 11.5 Å². The van der Waals surface area contributed by atoms with E-state index < -0.39 is 17.8 Å². The third-order valence-electron chi connectivity index (χ3n) is 5.16. The molecule has 1 N–H and O–H groups in total.